The zero-order chi connectivity index (χ0) is 12.7. The van der Waals surface area contributed by atoms with Gasteiger partial charge in [-0.05, 0) is 30.7 Å². The largest absolute Gasteiger partial charge is 0.310 e. The first kappa shape index (κ1) is 14.5. The molecule has 1 unspecified atom stereocenters. The summed E-state index contributed by atoms with van der Waals surface area (Å²) in [7, 11) is 0. The minimum absolute atomic E-state index is 0.209. The van der Waals surface area contributed by atoms with Crippen molar-refractivity contribution in [2.45, 2.75) is 45.6 Å². The molecule has 1 rings (SSSR count). The normalized spacial score (nSPS) is 12.7. The van der Waals surface area contributed by atoms with Gasteiger partial charge in [0.1, 0.15) is 5.82 Å². The molecule has 3 heteroatoms. The number of halogens is 2. The standard InChI is InChI=1S/C14H21ClFN/c1-3-5-6-7-14(17-4-2)11-8-9-13(16)12(15)10-11/h8-10,14,17H,3-7H2,1-2H3. The van der Waals surface area contributed by atoms with Crippen molar-refractivity contribution in [1.82, 2.24) is 5.32 Å². The molecule has 0 radical (unpaired) electrons. The molecular weight excluding hydrogens is 237 g/mol. The van der Waals surface area contributed by atoms with Crippen molar-refractivity contribution in [3.05, 3.63) is 34.6 Å². The first-order valence-corrected chi connectivity index (χ1v) is 6.75. The van der Waals surface area contributed by atoms with Gasteiger partial charge in [-0.15, -0.1) is 0 Å². The van der Waals surface area contributed by atoms with Crippen molar-refractivity contribution in [3.8, 4) is 0 Å². The molecule has 0 saturated heterocycles. The van der Waals surface area contributed by atoms with Crippen LogP contribution in [0.1, 0.15) is 51.1 Å². The Bertz CT molecular complexity index is 341. The summed E-state index contributed by atoms with van der Waals surface area (Å²) in [6, 6.07) is 5.28. The van der Waals surface area contributed by atoms with Gasteiger partial charge in [0.05, 0.1) is 5.02 Å². The summed E-state index contributed by atoms with van der Waals surface area (Å²) in [5.74, 6) is -0.348. The lowest BCUT2D eigenvalue weighted by Crippen LogP contribution is -2.20. The van der Waals surface area contributed by atoms with Gasteiger partial charge in [-0.25, -0.2) is 4.39 Å². The number of hydrogen-bond donors (Lipinski definition) is 1. The van der Waals surface area contributed by atoms with Gasteiger partial charge in [-0.1, -0.05) is 50.8 Å². The van der Waals surface area contributed by atoms with Crippen LogP contribution in [0.2, 0.25) is 5.02 Å². The molecule has 0 saturated carbocycles. The van der Waals surface area contributed by atoms with Crippen molar-refractivity contribution in [1.29, 1.82) is 0 Å². The SMILES string of the molecule is CCCCCC(NCC)c1ccc(F)c(Cl)c1. The highest BCUT2D eigenvalue weighted by Gasteiger charge is 2.11. The maximum absolute atomic E-state index is 13.1. The Morgan fingerprint density at radius 2 is 2.06 bits per heavy atom. The lowest BCUT2D eigenvalue weighted by Gasteiger charge is -2.18. The molecule has 1 N–H and O–H groups in total. The molecule has 17 heavy (non-hydrogen) atoms. The van der Waals surface area contributed by atoms with E-state index in [1.807, 2.05) is 6.07 Å². The van der Waals surface area contributed by atoms with E-state index in [1.54, 1.807) is 6.07 Å². The molecule has 0 aromatic heterocycles. The topological polar surface area (TPSA) is 12.0 Å². The minimum Gasteiger partial charge on any atom is -0.310 e. The average molecular weight is 258 g/mol. The summed E-state index contributed by atoms with van der Waals surface area (Å²) in [5.41, 5.74) is 1.08. The summed E-state index contributed by atoms with van der Waals surface area (Å²) in [6.45, 7) is 5.18. The van der Waals surface area contributed by atoms with E-state index >= 15 is 0 Å². The maximum atomic E-state index is 13.1. The van der Waals surface area contributed by atoms with Crippen LogP contribution in [0.3, 0.4) is 0 Å². The number of benzene rings is 1. The molecule has 0 bridgehead atoms. The summed E-state index contributed by atoms with van der Waals surface area (Å²) in [4.78, 5) is 0. The van der Waals surface area contributed by atoms with Gasteiger partial charge in [0.25, 0.3) is 0 Å². The zero-order valence-corrected chi connectivity index (χ0v) is 11.4. The third kappa shape index (κ3) is 4.64. The second kappa shape index (κ2) is 7.67. The average Bonchev–Trinajstić information content (AvgIpc) is 2.32. The van der Waals surface area contributed by atoms with E-state index in [0.29, 0.717) is 0 Å². The quantitative estimate of drug-likeness (QED) is 0.698. The van der Waals surface area contributed by atoms with Crippen LogP contribution in [0.5, 0.6) is 0 Å². The highest BCUT2D eigenvalue weighted by Crippen LogP contribution is 2.24. The van der Waals surface area contributed by atoms with Crippen molar-refractivity contribution < 1.29 is 4.39 Å². The fourth-order valence-electron chi connectivity index (χ4n) is 1.96. The molecule has 1 aromatic carbocycles. The zero-order valence-electron chi connectivity index (χ0n) is 10.6. The van der Waals surface area contributed by atoms with Gasteiger partial charge < -0.3 is 5.32 Å². The molecule has 0 heterocycles. The van der Waals surface area contributed by atoms with Crippen LogP contribution in [0, 0.1) is 5.82 Å². The van der Waals surface area contributed by atoms with Gasteiger partial charge in [-0.3, -0.25) is 0 Å². The lowest BCUT2D eigenvalue weighted by atomic mass is 10.0. The molecule has 1 aromatic rings. The smallest absolute Gasteiger partial charge is 0.141 e. The van der Waals surface area contributed by atoms with Crippen molar-refractivity contribution in [2.24, 2.45) is 0 Å². The Labute approximate surface area is 108 Å². The van der Waals surface area contributed by atoms with Crippen LogP contribution in [0.15, 0.2) is 18.2 Å². The molecule has 0 aliphatic rings. The molecule has 0 spiro atoms. The molecule has 0 aliphatic carbocycles. The highest BCUT2D eigenvalue weighted by molar-refractivity contribution is 6.30. The first-order valence-electron chi connectivity index (χ1n) is 6.37. The van der Waals surface area contributed by atoms with E-state index in [4.69, 9.17) is 11.6 Å². The van der Waals surface area contributed by atoms with Gasteiger partial charge >= 0.3 is 0 Å². The van der Waals surface area contributed by atoms with Crippen LogP contribution < -0.4 is 5.32 Å². The van der Waals surface area contributed by atoms with Gasteiger partial charge in [-0.2, -0.15) is 0 Å². The van der Waals surface area contributed by atoms with Gasteiger partial charge in [0.2, 0.25) is 0 Å². The second-order valence-electron chi connectivity index (χ2n) is 4.28. The van der Waals surface area contributed by atoms with E-state index in [-0.39, 0.29) is 16.9 Å². The first-order chi connectivity index (χ1) is 8.19. The fourth-order valence-corrected chi connectivity index (χ4v) is 2.15. The predicted octanol–water partition coefficient (Wildman–Crippen LogP) is 4.71. The molecular formula is C14H21ClFN. The van der Waals surface area contributed by atoms with Crippen LogP contribution in [0.25, 0.3) is 0 Å². The van der Waals surface area contributed by atoms with Gasteiger partial charge in [0.15, 0.2) is 0 Å². The lowest BCUT2D eigenvalue weighted by molar-refractivity contribution is 0.485. The Balaban J connectivity index is 2.70. The summed E-state index contributed by atoms with van der Waals surface area (Å²) in [6.07, 6.45) is 4.70. The van der Waals surface area contributed by atoms with Crippen molar-refractivity contribution in [2.75, 3.05) is 6.54 Å². The van der Waals surface area contributed by atoms with E-state index in [9.17, 15) is 4.39 Å². The van der Waals surface area contributed by atoms with E-state index in [1.165, 1.54) is 25.3 Å². The summed E-state index contributed by atoms with van der Waals surface area (Å²) in [5, 5.41) is 3.63. The van der Waals surface area contributed by atoms with Crippen LogP contribution in [-0.2, 0) is 0 Å². The number of rotatable bonds is 7. The summed E-state index contributed by atoms with van der Waals surface area (Å²) < 4.78 is 13.1. The Morgan fingerprint density at radius 1 is 1.29 bits per heavy atom. The van der Waals surface area contributed by atoms with Gasteiger partial charge in [0, 0.05) is 6.04 Å². The monoisotopic (exact) mass is 257 g/mol. The van der Waals surface area contributed by atoms with Crippen LogP contribution >= 0.6 is 11.6 Å². The van der Waals surface area contributed by atoms with Crippen LogP contribution in [0.4, 0.5) is 4.39 Å². The Kier molecular flexibility index (Phi) is 6.53. The third-order valence-corrected chi connectivity index (χ3v) is 3.18. The third-order valence-electron chi connectivity index (χ3n) is 2.89. The molecule has 1 atom stereocenters. The Hall–Kier alpha value is -0.600. The second-order valence-corrected chi connectivity index (χ2v) is 4.69. The minimum atomic E-state index is -0.348. The highest BCUT2D eigenvalue weighted by atomic mass is 35.5. The molecule has 0 aliphatic heterocycles. The number of nitrogens with one attached hydrogen (secondary N) is 1. The Morgan fingerprint density at radius 3 is 2.65 bits per heavy atom. The van der Waals surface area contributed by atoms with E-state index < -0.39 is 0 Å². The fraction of sp³-hybridized carbons (Fsp3) is 0.571. The molecule has 1 nitrogen and oxygen atoms in total. The molecule has 0 fully saturated rings. The van der Waals surface area contributed by atoms with E-state index in [0.717, 1.165) is 18.5 Å². The molecule has 96 valence electrons. The predicted molar refractivity (Wildman–Crippen MR) is 72.0 cm³/mol. The maximum Gasteiger partial charge on any atom is 0.141 e. The van der Waals surface area contributed by atoms with Crippen molar-refractivity contribution in [3.63, 3.8) is 0 Å². The number of hydrogen-bond acceptors (Lipinski definition) is 1. The van der Waals surface area contributed by atoms with E-state index in [2.05, 4.69) is 19.2 Å². The molecule has 0 amide bonds. The summed E-state index contributed by atoms with van der Waals surface area (Å²) >= 11 is 5.82. The van der Waals surface area contributed by atoms with Crippen molar-refractivity contribution >= 4 is 11.6 Å². The number of unbranched alkanes of at least 4 members (excludes halogenated alkanes) is 2. The van der Waals surface area contributed by atoms with Crippen LogP contribution in [-0.4, -0.2) is 6.54 Å².